The van der Waals surface area contributed by atoms with Crippen LogP contribution in [0.2, 0.25) is 0 Å². The van der Waals surface area contributed by atoms with Gasteiger partial charge in [-0.15, -0.1) is 5.10 Å². The number of methoxy groups -OCH3 is 2. The van der Waals surface area contributed by atoms with E-state index in [1.54, 1.807) is 14.2 Å². The quantitative estimate of drug-likeness (QED) is 0.310. The molecule has 1 unspecified atom stereocenters. The summed E-state index contributed by atoms with van der Waals surface area (Å²) < 4.78 is 12.7. The number of hydrogen-bond donors (Lipinski definition) is 1. The highest BCUT2D eigenvalue weighted by Gasteiger charge is 2.29. The molecular formula is C29H36N6O3. The smallest absolute Gasteiger partial charge is 0.252 e. The van der Waals surface area contributed by atoms with E-state index in [0.29, 0.717) is 30.4 Å². The molecule has 9 nitrogen and oxygen atoms in total. The van der Waals surface area contributed by atoms with Gasteiger partial charge in [0.2, 0.25) is 0 Å². The summed E-state index contributed by atoms with van der Waals surface area (Å²) in [6, 6.07) is 16.1. The third-order valence-corrected chi connectivity index (χ3v) is 7.61. The summed E-state index contributed by atoms with van der Waals surface area (Å²) in [6.45, 7) is 3.25. The number of benzene rings is 2. The van der Waals surface area contributed by atoms with Crippen LogP contribution in [0.25, 0.3) is 10.9 Å². The van der Waals surface area contributed by atoms with Crippen molar-refractivity contribution in [3.05, 3.63) is 75.8 Å². The molecule has 1 aliphatic carbocycles. The van der Waals surface area contributed by atoms with E-state index in [2.05, 4.69) is 44.5 Å². The zero-order valence-electron chi connectivity index (χ0n) is 22.4. The number of tetrazole rings is 1. The Morgan fingerprint density at radius 2 is 1.74 bits per heavy atom. The zero-order chi connectivity index (χ0) is 26.5. The Kier molecular flexibility index (Phi) is 8.03. The second-order valence-corrected chi connectivity index (χ2v) is 10.0. The first-order valence-electron chi connectivity index (χ1n) is 13.4. The molecule has 0 radical (unpaired) electrons. The van der Waals surface area contributed by atoms with E-state index in [0.717, 1.165) is 47.3 Å². The number of nitrogens with one attached hydrogen (secondary N) is 1. The first-order chi connectivity index (χ1) is 18.6. The number of fused-ring (bicyclic) bond motifs is 1. The Morgan fingerprint density at radius 3 is 2.45 bits per heavy atom. The molecular weight excluding hydrogens is 480 g/mol. The average Bonchev–Trinajstić information content (AvgIpc) is 3.44. The van der Waals surface area contributed by atoms with Gasteiger partial charge in [0, 0.05) is 24.7 Å². The molecule has 200 valence electrons. The number of pyridine rings is 1. The van der Waals surface area contributed by atoms with E-state index < -0.39 is 0 Å². The molecule has 1 atom stereocenters. The van der Waals surface area contributed by atoms with Gasteiger partial charge in [0.05, 0.1) is 31.8 Å². The molecule has 2 aromatic carbocycles. The highest BCUT2D eigenvalue weighted by molar-refractivity contribution is 5.80. The fourth-order valence-corrected chi connectivity index (χ4v) is 5.54. The van der Waals surface area contributed by atoms with Crippen molar-refractivity contribution < 1.29 is 9.47 Å². The van der Waals surface area contributed by atoms with E-state index in [4.69, 9.17) is 9.47 Å². The van der Waals surface area contributed by atoms with Gasteiger partial charge in [0.1, 0.15) is 11.5 Å². The van der Waals surface area contributed by atoms with Gasteiger partial charge in [0.25, 0.3) is 5.56 Å². The van der Waals surface area contributed by atoms with E-state index in [1.807, 2.05) is 41.1 Å². The molecule has 1 aliphatic rings. The summed E-state index contributed by atoms with van der Waals surface area (Å²) in [4.78, 5) is 18.6. The molecule has 2 heterocycles. The lowest BCUT2D eigenvalue weighted by Crippen LogP contribution is -2.33. The molecule has 0 saturated heterocycles. The standard InChI is InChI=1S/C29H36N6O3/c1-4-27(28-31-32-33-35(28)23-8-6-5-7-9-23)34(18-20-10-13-24(37-2)14-11-20)19-22-16-21-12-15-25(38-3)17-26(21)30-29(22)36/h10-17,23,27H,4-9,18-19H2,1-3H3,(H,30,36). The molecule has 0 bridgehead atoms. The third kappa shape index (κ3) is 5.57. The minimum absolute atomic E-state index is 0.0556. The molecule has 4 aromatic rings. The van der Waals surface area contributed by atoms with Crippen molar-refractivity contribution in [3.63, 3.8) is 0 Å². The van der Waals surface area contributed by atoms with Gasteiger partial charge < -0.3 is 14.5 Å². The number of aromatic nitrogens is 5. The van der Waals surface area contributed by atoms with Crippen LogP contribution in [0.1, 0.15) is 74.5 Å². The fraction of sp³-hybridized carbons (Fsp3) is 0.448. The predicted octanol–water partition coefficient (Wildman–Crippen LogP) is 5.19. The first kappa shape index (κ1) is 25.9. The van der Waals surface area contributed by atoms with E-state index in [1.165, 1.54) is 19.3 Å². The van der Waals surface area contributed by atoms with Gasteiger partial charge in [-0.3, -0.25) is 9.69 Å². The highest BCUT2D eigenvalue weighted by atomic mass is 16.5. The fourth-order valence-electron chi connectivity index (χ4n) is 5.54. The van der Waals surface area contributed by atoms with Crippen LogP contribution in [0.5, 0.6) is 11.5 Å². The molecule has 5 rings (SSSR count). The van der Waals surface area contributed by atoms with Crippen LogP contribution in [0.15, 0.2) is 53.3 Å². The van der Waals surface area contributed by atoms with Crippen molar-refractivity contribution in [2.75, 3.05) is 14.2 Å². The Balaban J connectivity index is 1.51. The van der Waals surface area contributed by atoms with Crippen molar-refractivity contribution in [3.8, 4) is 11.5 Å². The van der Waals surface area contributed by atoms with Gasteiger partial charge in [-0.25, -0.2) is 4.68 Å². The van der Waals surface area contributed by atoms with Crippen LogP contribution in [0, 0.1) is 0 Å². The van der Waals surface area contributed by atoms with Gasteiger partial charge in [-0.1, -0.05) is 38.3 Å². The minimum atomic E-state index is -0.104. The number of rotatable bonds is 10. The lowest BCUT2D eigenvalue weighted by molar-refractivity contribution is 0.155. The third-order valence-electron chi connectivity index (χ3n) is 7.61. The van der Waals surface area contributed by atoms with Crippen LogP contribution in [0.3, 0.4) is 0 Å². The molecule has 9 heteroatoms. The second kappa shape index (κ2) is 11.8. The number of hydrogen-bond acceptors (Lipinski definition) is 7. The summed E-state index contributed by atoms with van der Waals surface area (Å²) in [7, 11) is 3.29. The van der Waals surface area contributed by atoms with Crippen molar-refractivity contribution in [2.24, 2.45) is 0 Å². The highest BCUT2D eigenvalue weighted by Crippen LogP contribution is 2.33. The molecule has 0 spiro atoms. The van der Waals surface area contributed by atoms with Crippen molar-refractivity contribution in [1.29, 1.82) is 0 Å². The Morgan fingerprint density at radius 1 is 1.00 bits per heavy atom. The van der Waals surface area contributed by atoms with Crippen molar-refractivity contribution in [2.45, 2.75) is 70.6 Å². The summed E-state index contributed by atoms with van der Waals surface area (Å²) in [5, 5.41) is 14.0. The van der Waals surface area contributed by atoms with Gasteiger partial charge >= 0.3 is 0 Å². The summed E-state index contributed by atoms with van der Waals surface area (Å²) in [5.41, 5.74) is 2.48. The van der Waals surface area contributed by atoms with Crippen LogP contribution in [-0.4, -0.2) is 44.3 Å². The lowest BCUT2D eigenvalue weighted by Gasteiger charge is -2.32. The number of ether oxygens (including phenoxy) is 2. The molecule has 1 N–H and O–H groups in total. The SMILES string of the molecule is CCC(c1nnnn1C1CCCCC1)N(Cc1ccc(OC)cc1)Cc1cc2ccc(OC)cc2[nH]c1=O. The zero-order valence-corrected chi connectivity index (χ0v) is 22.4. The Hall–Kier alpha value is -3.72. The molecule has 0 aliphatic heterocycles. The number of nitrogens with zero attached hydrogens (tertiary/aromatic N) is 5. The predicted molar refractivity (Wildman–Crippen MR) is 146 cm³/mol. The van der Waals surface area contributed by atoms with E-state index >= 15 is 0 Å². The maximum absolute atomic E-state index is 13.2. The maximum Gasteiger partial charge on any atom is 0.252 e. The lowest BCUT2D eigenvalue weighted by atomic mass is 9.95. The van der Waals surface area contributed by atoms with Crippen LogP contribution < -0.4 is 15.0 Å². The number of H-pyrrole nitrogens is 1. The Bertz CT molecular complexity index is 1410. The normalized spacial score (nSPS) is 15.2. The molecule has 1 saturated carbocycles. The summed E-state index contributed by atoms with van der Waals surface area (Å²) in [5.74, 6) is 2.40. The Labute approximate surface area is 222 Å². The summed E-state index contributed by atoms with van der Waals surface area (Å²) >= 11 is 0. The average molecular weight is 517 g/mol. The van der Waals surface area contributed by atoms with Gasteiger partial charge in [0.15, 0.2) is 5.82 Å². The number of aromatic amines is 1. The first-order valence-corrected chi connectivity index (χ1v) is 13.4. The van der Waals surface area contributed by atoms with Gasteiger partial charge in [-0.2, -0.15) is 0 Å². The van der Waals surface area contributed by atoms with E-state index in [-0.39, 0.29) is 11.6 Å². The minimum Gasteiger partial charge on any atom is -0.497 e. The van der Waals surface area contributed by atoms with Crippen LogP contribution >= 0.6 is 0 Å². The maximum atomic E-state index is 13.2. The second-order valence-electron chi connectivity index (χ2n) is 10.0. The van der Waals surface area contributed by atoms with Crippen molar-refractivity contribution >= 4 is 10.9 Å². The molecule has 38 heavy (non-hydrogen) atoms. The van der Waals surface area contributed by atoms with Gasteiger partial charge in [-0.05, 0) is 71.0 Å². The molecule has 0 amide bonds. The summed E-state index contributed by atoms with van der Waals surface area (Å²) in [6.07, 6.45) is 6.68. The van der Waals surface area contributed by atoms with Crippen molar-refractivity contribution in [1.82, 2.24) is 30.1 Å². The van der Waals surface area contributed by atoms with E-state index in [9.17, 15) is 4.79 Å². The van der Waals surface area contributed by atoms with Crippen LogP contribution in [-0.2, 0) is 13.1 Å². The van der Waals surface area contributed by atoms with Crippen LogP contribution in [0.4, 0.5) is 0 Å². The monoisotopic (exact) mass is 516 g/mol. The molecule has 1 fully saturated rings. The largest absolute Gasteiger partial charge is 0.497 e. The topological polar surface area (TPSA) is 98.2 Å². The molecule has 2 aromatic heterocycles.